The molecular formula is C15H14ClIN2O. The average Bonchev–Trinajstić information content (AvgIpc) is 2.39. The molecule has 5 heteroatoms. The fourth-order valence-corrected chi connectivity index (χ4v) is 3.11. The second kappa shape index (κ2) is 6.11. The molecule has 2 rings (SSSR count). The molecule has 0 bridgehead atoms. The summed E-state index contributed by atoms with van der Waals surface area (Å²) in [5, 5.41) is 0.453. The van der Waals surface area contributed by atoms with E-state index in [4.69, 9.17) is 23.1 Å². The van der Waals surface area contributed by atoms with Crippen LogP contribution in [0.25, 0.3) is 0 Å². The van der Waals surface area contributed by atoms with Gasteiger partial charge in [0.1, 0.15) is 5.54 Å². The van der Waals surface area contributed by atoms with Crippen LogP contribution in [0.15, 0.2) is 48.5 Å². The second-order valence-corrected chi connectivity index (χ2v) is 6.27. The molecule has 1 atom stereocenters. The molecule has 0 aliphatic heterocycles. The van der Waals surface area contributed by atoms with Crippen molar-refractivity contribution in [3.05, 3.63) is 68.3 Å². The van der Waals surface area contributed by atoms with E-state index in [1.54, 1.807) is 12.1 Å². The van der Waals surface area contributed by atoms with Crippen LogP contribution in [0.2, 0.25) is 5.02 Å². The van der Waals surface area contributed by atoms with Gasteiger partial charge in [-0.2, -0.15) is 0 Å². The van der Waals surface area contributed by atoms with Gasteiger partial charge in [-0.3, -0.25) is 4.79 Å². The molecular weight excluding hydrogens is 387 g/mol. The minimum Gasteiger partial charge on any atom is -0.368 e. The lowest BCUT2D eigenvalue weighted by molar-refractivity contribution is -0.123. The van der Waals surface area contributed by atoms with Crippen LogP contribution in [0.3, 0.4) is 0 Å². The molecule has 0 unspecified atom stereocenters. The van der Waals surface area contributed by atoms with Crippen molar-refractivity contribution < 1.29 is 4.79 Å². The molecule has 1 amide bonds. The Labute approximate surface area is 136 Å². The SMILES string of the molecule is NC(=O)[C@](N)(Cc1ccccc1)c1ccc(I)cc1Cl. The number of benzene rings is 2. The number of primary amides is 1. The zero-order valence-corrected chi connectivity index (χ0v) is 13.6. The van der Waals surface area contributed by atoms with E-state index in [2.05, 4.69) is 22.6 Å². The Morgan fingerprint density at radius 1 is 1.20 bits per heavy atom. The molecule has 0 saturated carbocycles. The van der Waals surface area contributed by atoms with Crippen molar-refractivity contribution in [2.45, 2.75) is 12.0 Å². The molecule has 0 aromatic heterocycles. The van der Waals surface area contributed by atoms with Crippen LogP contribution in [0.4, 0.5) is 0 Å². The lowest BCUT2D eigenvalue weighted by atomic mass is 9.84. The van der Waals surface area contributed by atoms with Crippen LogP contribution in [-0.2, 0) is 16.8 Å². The van der Waals surface area contributed by atoms with Crippen molar-refractivity contribution in [3.63, 3.8) is 0 Å². The van der Waals surface area contributed by atoms with E-state index in [1.807, 2.05) is 36.4 Å². The minimum absolute atomic E-state index is 0.309. The molecule has 0 radical (unpaired) electrons. The highest BCUT2D eigenvalue weighted by atomic mass is 127. The highest BCUT2D eigenvalue weighted by Gasteiger charge is 2.36. The fraction of sp³-hybridized carbons (Fsp3) is 0.133. The van der Waals surface area contributed by atoms with Gasteiger partial charge in [0.25, 0.3) is 0 Å². The van der Waals surface area contributed by atoms with Gasteiger partial charge < -0.3 is 11.5 Å². The van der Waals surface area contributed by atoms with E-state index in [1.165, 1.54) is 0 Å². The molecule has 0 aliphatic carbocycles. The largest absolute Gasteiger partial charge is 0.368 e. The van der Waals surface area contributed by atoms with Gasteiger partial charge in [0.2, 0.25) is 5.91 Å². The number of amides is 1. The predicted molar refractivity (Wildman–Crippen MR) is 89.4 cm³/mol. The lowest BCUT2D eigenvalue weighted by Gasteiger charge is -2.27. The normalized spacial score (nSPS) is 13.8. The number of carbonyl (C=O) groups excluding carboxylic acids is 1. The van der Waals surface area contributed by atoms with Gasteiger partial charge in [-0.05, 0) is 40.3 Å². The summed E-state index contributed by atoms with van der Waals surface area (Å²) in [6.07, 6.45) is 0.309. The van der Waals surface area contributed by atoms with Gasteiger partial charge >= 0.3 is 0 Å². The first-order valence-electron chi connectivity index (χ1n) is 6.02. The van der Waals surface area contributed by atoms with Crippen LogP contribution in [0.1, 0.15) is 11.1 Å². The van der Waals surface area contributed by atoms with Crippen molar-refractivity contribution in [3.8, 4) is 0 Å². The Bertz CT molecular complexity index is 633. The highest BCUT2D eigenvalue weighted by molar-refractivity contribution is 14.1. The van der Waals surface area contributed by atoms with Gasteiger partial charge in [0, 0.05) is 20.6 Å². The maximum absolute atomic E-state index is 11.9. The Hall–Kier alpha value is -1.11. The van der Waals surface area contributed by atoms with Crippen molar-refractivity contribution >= 4 is 40.1 Å². The van der Waals surface area contributed by atoms with Gasteiger partial charge in [-0.25, -0.2) is 0 Å². The third-order valence-corrected chi connectivity index (χ3v) is 4.16. The summed E-state index contributed by atoms with van der Waals surface area (Å²) < 4.78 is 0.975. The summed E-state index contributed by atoms with van der Waals surface area (Å²) >= 11 is 8.38. The second-order valence-electron chi connectivity index (χ2n) is 4.62. The monoisotopic (exact) mass is 400 g/mol. The van der Waals surface area contributed by atoms with E-state index in [0.29, 0.717) is 17.0 Å². The molecule has 3 nitrogen and oxygen atoms in total. The summed E-state index contributed by atoms with van der Waals surface area (Å²) in [5.74, 6) is -0.593. The average molecular weight is 401 g/mol. The molecule has 104 valence electrons. The molecule has 4 N–H and O–H groups in total. The molecule has 2 aromatic rings. The van der Waals surface area contributed by atoms with E-state index < -0.39 is 11.4 Å². The molecule has 0 saturated heterocycles. The number of hydrogen-bond acceptors (Lipinski definition) is 2. The molecule has 0 heterocycles. The Balaban J connectivity index is 2.47. The zero-order valence-electron chi connectivity index (χ0n) is 10.6. The number of halogens is 2. The molecule has 0 aliphatic rings. The Morgan fingerprint density at radius 2 is 1.85 bits per heavy atom. The Kier molecular flexibility index (Phi) is 4.67. The number of hydrogen-bond donors (Lipinski definition) is 2. The first kappa shape index (κ1) is 15.3. The van der Waals surface area contributed by atoms with E-state index in [9.17, 15) is 4.79 Å². The fourth-order valence-electron chi connectivity index (χ4n) is 2.08. The topological polar surface area (TPSA) is 69.1 Å². The Morgan fingerprint density at radius 3 is 2.40 bits per heavy atom. The van der Waals surface area contributed by atoms with Crippen molar-refractivity contribution in [2.24, 2.45) is 11.5 Å². The first-order chi connectivity index (χ1) is 9.43. The van der Waals surface area contributed by atoms with Crippen LogP contribution < -0.4 is 11.5 Å². The first-order valence-corrected chi connectivity index (χ1v) is 7.47. The van der Waals surface area contributed by atoms with Gasteiger partial charge in [0.05, 0.1) is 0 Å². The van der Waals surface area contributed by atoms with Crippen LogP contribution in [-0.4, -0.2) is 5.91 Å². The summed E-state index contributed by atoms with van der Waals surface area (Å²) in [5.41, 5.74) is 12.0. The van der Waals surface area contributed by atoms with E-state index in [-0.39, 0.29) is 0 Å². The third-order valence-electron chi connectivity index (χ3n) is 3.18. The lowest BCUT2D eigenvalue weighted by Crippen LogP contribution is -2.51. The predicted octanol–water partition coefficient (Wildman–Crippen LogP) is 2.83. The number of rotatable bonds is 4. The van der Waals surface area contributed by atoms with Crippen molar-refractivity contribution in [1.82, 2.24) is 0 Å². The van der Waals surface area contributed by atoms with Crippen molar-refractivity contribution in [2.75, 3.05) is 0 Å². The summed E-state index contributed by atoms with van der Waals surface area (Å²) in [6, 6.07) is 14.9. The minimum atomic E-state index is -1.32. The molecule has 20 heavy (non-hydrogen) atoms. The summed E-state index contributed by atoms with van der Waals surface area (Å²) in [6.45, 7) is 0. The van der Waals surface area contributed by atoms with E-state index >= 15 is 0 Å². The molecule has 2 aromatic carbocycles. The van der Waals surface area contributed by atoms with Gasteiger partial charge in [-0.1, -0.05) is 48.0 Å². The maximum atomic E-state index is 11.9. The smallest absolute Gasteiger partial charge is 0.242 e. The third kappa shape index (κ3) is 3.13. The number of nitrogens with two attached hydrogens (primary N) is 2. The van der Waals surface area contributed by atoms with Crippen LogP contribution >= 0.6 is 34.2 Å². The zero-order chi connectivity index (χ0) is 14.8. The highest BCUT2D eigenvalue weighted by Crippen LogP contribution is 2.30. The van der Waals surface area contributed by atoms with Crippen LogP contribution in [0, 0.1) is 3.57 Å². The quantitative estimate of drug-likeness (QED) is 0.775. The van der Waals surface area contributed by atoms with Crippen LogP contribution in [0.5, 0.6) is 0 Å². The molecule has 0 fully saturated rings. The maximum Gasteiger partial charge on any atom is 0.242 e. The summed E-state index contributed by atoms with van der Waals surface area (Å²) in [7, 11) is 0. The van der Waals surface area contributed by atoms with Crippen molar-refractivity contribution in [1.29, 1.82) is 0 Å². The molecule has 0 spiro atoms. The summed E-state index contributed by atoms with van der Waals surface area (Å²) in [4.78, 5) is 11.9. The van der Waals surface area contributed by atoms with Gasteiger partial charge in [0.15, 0.2) is 0 Å². The van der Waals surface area contributed by atoms with Gasteiger partial charge in [-0.15, -0.1) is 0 Å². The van der Waals surface area contributed by atoms with E-state index in [0.717, 1.165) is 9.13 Å². The number of carbonyl (C=O) groups is 1. The standard InChI is InChI=1S/C15H14ClIN2O/c16-13-8-11(17)6-7-12(13)15(19,14(18)20)9-10-4-2-1-3-5-10/h1-8H,9,19H2,(H2,18,20)/t15-/m0/s1.